The Labute approximate surface area is 72.1 Å². The molecule has 66 valence electrons. The van der Waals surface area contributed by atoms with Gasteiger partial charge in [-0.3, -0.25) is 9.78 Å². The molecule has 0 amide bonds. The lowest BCUT2D eigenvalue weighted by Crippen LogP contribution is -1.81. The molecule has 0 aromatic carbocycles. The van der Waals surface area contributed by atoms with Crippen LogP contribution in [0.15, 0.2) is 24.4 Å². The summed E-state index contributed by atoms with van der Waals surface area (Å²) in [6.07, 6.45) is 2.85. The van der Waals surface area contributed by atoms with E-state index in [2.05, 4.69) is 11.9 Å². The molecule has 0 fully saturated rings. The van der Waals surface area contributed by atoms with Crippen LogP contribution in [0.1, 0.15) is 19.5 Å². The molecule has 0 aliphatic rings. The number of carboxylic acid groups (broad SMARTS) is 1. The molecule has 0 aliphatic heterocycles. The molecule has 1 rings (SSSR count). The Morgan fingerprint density at radius 3 is 2.42 bits per heavy atom. The molecule has 3 heteroatoms. The summed E-state index contributed by atoms with van der Waals surface area (Å²) in [5, 5.41) is 7.42. The van der Waals surface area contributed by atoms with Crippen molar-refractivity contribution < 1.29 is 9.90 Å². The van der Waals surface area contributed by atoms with E-state index in [4.69, 9.17) is 9.90 Å². The van der Waals surface area contributed by atoms with Crippen molar-refractivity contribution in [3.05, 3.63) is 30.1 Å². The Bertz CT molecular complexity index is 217. The third-order valence-corrected chi connectivity index (χ3v) is 1.09. The van der Waals surface area contributed by atoms with Crippen LogP contribution in [0, 0.1) is 0 Å². The van der Waals surface area contributed by atoms with Crippen molar-refractivity contribution in [1.29, 1.82) is 0 Å². The van der Waals surface area contributed by atoms with Gasteiger partial charge in [0.05, 0.1) is 0 Å². The monoisotopic (exact) mass is 167 g/mol. The highest BCUT2D eigenvalue weighted by atomic mass is 16.4. The average molecular weight is 167 g/mol. The van der Waals surface area contributed by atoms with Gasteiger partial charge in [0.15, 0.2) is 0 Å². The van der Waals surface area contributed by atoms with E-state index in [0.29, 0.717) is 0 Å². The predicted octanol–water partition coefficient (Wildman–Crippen LogP) is 1.73. The van der Waals surface area contributed by atoms with Crippen molar-refractivity contribution in [2.45, 2.75) is 20.3 Å². The molecule has 3 nitrogen and oxygen atoms in total. The van der Waals surface area contributed by atoms with Gasteiger partial charge in [0.1, 0.15) is 0 Å². The van der Waals surface area contributed by atoms with Gasteiger partial charge in [-0.25, -0.2) is 0 Å². The van der Waals surface area contributed by atoms with Gasteiger partial charge >= 0.3 is 0 Å². The van der Waals surface area contributed by atoms with Crippen LogP contribution in [0.3, 0.4) is 0 Å². The van der Waals surface area contributed by atoms with Crippen molar-refractivity contribution >= 4 is 5.97 Å². The fourth-order valence-electron chi connectivity index (χ4n) is 0.607. The standard InChI is InChI=1S/C7H9N.C2H4O2/c1-2-7-5-3-4-6-8-7;1-2(3)4/h3-6H,2H2,1H3;1H3,(H,3,4). The Balaban J connectivity index is 0.000000261. The topological polar surface area (TPSA) is 50.2 Å². The fraction of sp³-hybridized carbons (Fsp3) is 0.333. The van der Waals surface area contributed by atoms with E-state index in [0.717, 1.165) is 19.0 Å². The van der Waals surface area contributed by atoms with Crippen LogP contribution in [0.25, 0.3) is 0 Å². The first kappa shape index (κ1) is 10.6. The molecular formula is C9H13NO2. The zero-order valence-corrected chi connectivity index (χ0v) is 7.32. The lowest BCUT2D eigenvalue weighted by atomic mass is 10.3. The second-order valence-electron chi connectivity index (χ2n) is 2.19. The minimum atomic E-state index is -0.833. The molecule has 1 aromatic heterocycles. The Hall–Kier alpha value is -1.38. The smallest absolute Gasteiger partial charge is 0.300 e. The number of aromatic nitrogens is 1. The summed E-state index contributed by atoms with van der Waals surface area (Å²) in [6, 6.07) is 5.96. The Morgan fingerprint density at radius 2 is 2.17 bits per heavy atom. The first-order chi connectivity index (χ1) is 5.66. The maximum absolute atomic E-state index is 9.00. The van der Waals surface area contributed by atoms with Crippen LogP contribution in [0.5, 0.6) is 0 Å². The summed E-state index contributed by atoms with van der Waals surface area (Å²) in [5.74, 6) is -0.833. The van der Waals surface area contributed by atoms with Crippen molar-refractivity contribution in [2.75, 3.05) is 0 Å². The fourth-order valence-corrected chi connectivity index (χ4v) is 0.607. The second-order valence-corrected chi connectivity index (χ2v) is 2.19. The highest BCUT2D eigenvalue weighted by Gasteiger charge is 1.81. The molecule has 0 unspecified atom stereocenters. The molecule has 1 N–H and O–H groups in total. The molecule has 1 aromatic rings. The van der Waals surface area contributed by atoms with Gasteiger partial charge in [0.25, 0.3) is 5.97 Å². The maximum Gasteiger partial charge on any atom is 0.300 e. The van der Waals surface area contributed by atoms with E-state index in [1.807, 2.05) is 24.4 Å². The van der Waals surface area contributed by atoms with E-state index in [1.54, 1.807) is 0 Å². The van der Waals surface area contributed by atoms with E-state index in [1.165, 1.54) is 0 Å². The molecule has 1 heterocycles. The molecule has 0 aliphatic carbocycles. The van der Waals surface area contributed by atoms with Crippen LogP contribution >= 0.6 is 0 Å². The quantitative estimate of drug-likeness (QED) is 0.693. The van der Waals surface area contributed by atoms with Crippen molar-refractivity contribution in [1.82, 2.24) is 4.98 Å². The van der Waals surface area contributed by atoms with Crippen molar-refractivity contribution in [3.63, 3.8) is 0 Å². The zero-order chi connectivity index (χ0) is 9.40. The molecule has 0 saturated heterocycles. The number of carboxylic acids is 1. The van der Waals surface area contributed by atoms with Gasteiger partial charge < -0.3 is 5.11 Å². The average Bonchev–Trinajstić information content (AvgIpc) is 2.05. The van der Waals surface area contributed by atoms with Crippen LogP contribution in [-0.4, -0.2) is 16.1 Å². The third kappa shape index (κ3) is 6.74. The van der Waals surface area contributed by atoms with E-state index < -0.39 is 5.97 Å². The summed E-state index contributed by atoms with van der Waals surface area (Å²) >= 11 is 0. The summed E-state index contributed by atoms with van der Waals surface area (Å²) in [5.41, 5.74) is 1.16. The van der Waals surface area contributed by atoms with Crippen molar-refractivity contribution in [2.24, 2.45) is 0 Å². The maximum atomic E-state index is 9.00. The normalized spacial score (nSPS) is 8.17. The minimum absolute atomic E-state index is 0.833. The number of nitrogens with zero attached hydrogens (tertiary/aromatic N) is 1. The summed E-state index contributed by atoms with van der Waals surface area (Å²) in [4.78, 5) is 13.1. The number of carbonyl (C=O) groups is 1. The third-order valence-electron chi connectivity index (χ3n) is 1.09. The largest absolute Gasteiger partial charge is 0.481 e. The Kier molecular flexibility index (Phi) is 5.61. The van der Waals surface area contributed by atoms with Gasteiger partial charge in [-0.05, 0) is 18.6 Å². The summed E-state index contributed by atoms with van der Waals surface area (Å²) < 4.78 is 0. The highest BCUT2D eigenvalue weighted by molar-refractivity contribution is 5.62. The molecule has 0 atom stereocenters. The highest BCUT2D eigenvalue weighted by Crippen LogP contribution is 1.91. The number of hydrogen-bond donors (Lipinski definition) is 1. The number of aryl methyl sites for hydroxylation is 1. The molecule has 12 heavy (non-hydrogen) atoms. The number of rotatable bonds is 1. The van der Waals surface area contributed by atoms with Crippen LogP contribution in [0.2, 0.25) is 0 Å². The summed E-state index contributed by atoms with van der Waals surface area (Å²) in [7, 11) is 0. The van der Waals surface area contributed by atoms with Gasteiger partial charge in [-0.2, -0.15) is 0 Å². The number of aliphatic carboxylic acids is 1. The van der Waals surface area contributed by atoms with E-state index in [-0.39, 0.29) is 0 Å². The minimum Gasteiger partial charge on any atom is -0.481 e. The van der Waals surface area contributed by atoms with Gasteiger partial charge in [0, 0.05) is 18.8 Å². The lowest BCUT2D eigenvalue weighted by molar-refractivity contribution is -0.134. The Morgan fingerprint density at radius 1 is 1.58 bits per heavy atom. The zero-order valence-electron chi connectivity index (χ0n) is 7.32. The first-order valence-corrected chi connectivity index (χ1v) is 3.76. The van der Waals surface area contributed by atoms with E-state index >= 15 is 0 Å². The molecule has 0 saturated carbocycles. The molecule has 0 radical (unpaired) electrons. The molecule has 0 spiro atoms. The van der Waals surface area contributed by atoms with Gasteiger partial charge in [0.2, 0.25) is 0 Å². The SMILES string of the molecule is CC(=O)O.CCc1ccccn1. The number of hydrogen-bond acceptors (Lipinski definition) is 2. The second kappa shape index (κ2) is 6.34. The molecule has 0 bridgehead atoms. The van der Waals surface area contributed by atoms with E-state index in [9.17, 15) is 0 Å². The van der Waals surface area contributed by atoms with Gasteiger partial charge in [-0.15, -0.1) is 0 Å². The van der Waals surface area contributed by atoms with Crippen LogP contribution < -0.4 is 0 Å². The van der Waals surface area contributed by atoms with Gasteiger partial charge in [-0.1, -0.05) is 13.0 Å². The van der Waals surface area contributed by atoms with Crippen LogP contribution in [-0.2, 0) is 11.2 Å². The summed E-state index contributed by atoms with van der Waals surface area (Å²) in [6.45, 7) is 3.18. The number of pyridine rings is 1. The lowest BCUT2D eigenvalue weighted by Gasteiger charge is -1.88. The molecular weight excluding hydrogens is 154 g/mol. The van der Waals surface area contributed by atoms with Crippen molar-refractivity contribution in [3.8, 4) is 0 Å². The van der Waals surface area contributed by atoms with Crippen LogP contribution in [0.4, 0.5) is 0 Å². The predicted molar refractivity (Wildman–Crippen MR) is 46.9 cm³/mol. The first-order valence-electron chi connectivity index (χ1n) is 3.76.